The molecule has 0 fully saturated rings. The molecule has 0 aliphatic heterocycles. The Morgan fingerprint density at radius 1 is 1.33 bits per heavy atom. The third-order valence-corrected chi connectivity index (χ3v) is 3.91. The lowest BCUT2D eigenvalue weighted by Gasteiger charge is -2.06. The van der Waals surface area contributed by atoms with E-state index < -0.39 is 0 Å². The standard InChI is InChI=1S/C14H12N4OS2/c1-19-12-7-3-2-6-11(12)13-16-17-14(20)18(13)15-9-10-5-4-8-21-10/h2-9H,1H3,(H,17,20). The highest BCUT2D eigenvalue weighted by molar-refractivity contribution is 7.71. The summed E-state index contributed by atoms with van der Waals surface area (Å²) in [6, 6.07) is 11.6. The van der Waals surface area contributed by atoms with E-state index in [1.807, 2.05) is 41.8 Å². The number of nitrogens with zero attached hydrogens (tertiary/aromatic N) is 3. The molecule has 0 spiro atoms. The number of aromatic amines is 1. The number of rotatable bonds is 4. The number of hydrogen-bond acceptors (Lipinski definition) is 5. The van der Waals surface area contributed by atoms with Crippen LogP contribution in [0.5, 0.6) is 5.75 Å². The van der Waals surface area contributed by atoms with Gasteiger partial charge in [0.05, 0.1) is 18.9 Å². The molecule has 2 aromatic heterocycles. The summed E-state index contributed by atoms with van der Waals surface area (Å²) in [5.74, 6) is 1.34. The topological polar surface area (TPSA) is 55.2 Å². The number of thiophene rings is 1. The van der Waals surface area contributed by atoms with Crippen molar-refractivity contribution < 1.29 is 4.74 Å². The monoisotopic (exact) mass is 316 g/mol. The lowest BCUT2D eigenvalue weighted by Crippen LogP contribution is -1.96. The summed E-state index contributed by atoms with van der Waals surface area (Å²) in [6.07, 6.45) is 1.76. The van der Waals surface area contributed by atoms with Crippen LogP contribution in [0.3, 0.4) is 0 Å². The molecule has 0 aliphatic rings. The van der Waals surface area contributed by atoms with Crippen molar-refractivity contribution in [2.24, 2.45) is 5.10 Å². The van der Waals surface area contributed by atoms with Gasteiger partial charge in [0.1, 0.15) is 5.75 Å². The molecular weight excluding hydrogens is 304 g/mol. The van der Waals surface area contributed by atoms with E-state index >= 15 is 0 Å². The van der Waals surface area contributed by atoms with Gasteiger partial charge < -0.3 is 4.74 Å². The van der Waals surface area contributed by atoms with Gasteiger partial charge in [-0.1, -0.05) is 18.2 Å². The van der Waals surface area contributed by atoms with Crippen molar-refractivity contribution in [3.63, 3.8) is 0 Å². The molecule has 1 aromatic carbocycles. The second kappa shape index (κ2) is 6.02. The predicted molar refractivity (Wildman–Crippen MR) is 86.7 cm³/mol. The number of nitrogens with one attached hydrogen (secondary N) is 1. The third-order valence-electron chi connectivity index (χ3n) is 2.84. The van der Waals surface area contributed by atoms with E-state index in [1.54, 1.807) is 29.3 Å². The number of H-pyrrole nitrogens is 1. The first-order valence-electron chi connectivity index (χ1n) is 6.18. The molecule has 2 heterocycles. The smallest absolute Gasteiger partial charge is 0.216 e. The van der Waals surface area contributed by atoms with Crippen LogP contribution >= 0.6 is 23.6 Å². The molecule has 5 nitrogen and oxygen atoms in total. The van der Waals surface area contributed by atoms with Gasteiger partial charge in [0.25, 0.3) is 0 Å². The van der Waals surface area contributed by atoms with Crippen molar-refractivity contribution in [2.45, 2.75) is 0 Å². The zero-order valence-electron chi connectivity index (χ0n) is 11.2. The molecular formula is C14H12N4OS2. The van der Waals surface area contributed by atoms with Gasteiger partial charge in [0.15, 0.2) is 5.82 Å². The van der Waals surface area contributed by atoms with Crippen molar-refractivity contribution in [1.29, 1.82) is 0 Å². The zero-order chi connectivity index (χ0) is 14.7. The Bertz CT molecular complexity index is 818. The number of hydrogen-bond donors (Lipinski definition) is 1. The van der Waals surface area contributed by atoms with Gasteiger partial charge in [-0.15, -0.1) is 11.3 Å². The maximum Gasteiger partial charge on any atom is 0.216 e. The molecule has 0 bridgehead atoms. The summed E-state index contributed by atoms with van der Waals surface area (Å²) < 4.78 is 7.39. The van der Waals surface area contributed by atoms with Crippen LogP contribution in [0, 0.1) is 4.77 Å². The first kappa shape index (κ1) is 13.7. The minimum Gasteiger partial charge on any atom is -0.496 e. The highest BCUT2D eigenvalue weighted by Gasteiger charge is 2.12. The van der Waals surface area contributed by atoms with Crippen molar-refractivity contribution in [3.05, 3.63) is 51.4 Å². The highest BCUT2D eigenvalue weighted by Crippen LogP contribution is 2.28. The highest BCUT2D eigenvalue weighted by atomic mass is 32.1. The van der Waals surface area contributed by atoms with E-state index in [-0.39, 0.29) is 0 Å². The normalized spacial score (nSPS) is 11.1. The van der Waals surface area contributed by atoms with Gasteiger partial charge in [-0.3, -0.25) is 0 Å². The Morgan fingerprint density at radius 2 is 2.19 bits per heavy atom. The van der Waals surface area contributed by atoms with E-state index in [4.69, 9.17) is 17.0 Å². The van der Waals surface area contributed by atoms with Gasteiger partial charge in [-0.2, -0.15) is 14.9 Å². The molecule has 0 aliphatic carbocycles. The number of benzene rings is 1. The maximum atomic E-state index is 5.36. The molecule has 0 saturated heterocycles. The second-order valence-electron chi connectivity index (χ2n) is 4.12. The maximum absolute atomic E-state index is 5.36. The van der Waals surface area contributed by atoms with Crippen LogP contribution in [0.4, 0.5) is 0 Å². The SMILES string of the molecule is COc1ccccc1-c1n[nH]c(=S)n1N=Cc1cccs1. The van der Waals surface area contributed by atoms with Crippen molar-refractivity contribution in [2.75, 3.05) is 7.11 Å². The Balaban J connectivity index is 2.07. The average Bonchev–Trinajstić information content (AvgIpc) is 3.15. The summed E-state index contributed by atoms with van der Waals surface area (Å²) in [7, 11) is 1.62. The van der Waals surface area contributed by atoms with E-state index in [0.29, 0.717) is 10.6 Å². The minimum absolute atomic E-state index is 0.434. The fourth-order valence-corrected chi connectivity index (χ4v) is 2.64. The van der Waals surface area contributed by atoms with Crippen molar-refractivity contribution >= 4 is 29.8 Å². The summed E-state index contributed by atoms with van der Waals surface area (Å²) in [6.45, 7) is 0. The van der Waals surface area contributed by atoms with Crippen molar-refractivity contribution in [1.82, 2.24) is 14.9 Å². The van der Waals surface area contributed by atoms with Gasteiger partial charge in [-0.25, -0.2) is 5.10 Å². The fourth-order valence-electron chi connectivity index (χ4n) is 1.88. The molecule has 7 heteroatoms. The molecule has 1 N–H and O–H groups in total. The van der Waals surface area contributed by atoms with Gasteiger partial charge >= 0.3 is 0 Å². The number of ether oxygens (including phenoxy) is 1. The van der Waals surface area contributed by atoms with Gasteiger partial charge in [0, 0.05) is 4.88 Å². The molecule has 0 unspecified atom stereocenters. The van der Waals surface area contributed by atoms with Crippen LogP contribution in [0.15, 0.2) is 46.9 Å². The molecule has 0 amide bonds. The quantitative estimate of drug-likeness (QED) is 0.591. The molecule has 0 radical (unpaired) electrons. The Hall–Kier alpha value is -2.25. The summed E-state index contributed by atoms with van der Waals surface area (Å²) in [5.41, 5.74) is 0.829. The van der Waals surface area contributed by atoms with Crippen molar-refractivity contribution in [3.8, 4) is 17.1 Å². The molecule has 0 saturated carbocycles. The first-order valence-corrected chi connectivity index (χ1v) is 7.47. The van der Waals surface area contributed by atoms with E-state index in [2.05, 4.69) is 15.3 Å². The van der Waals surface area contributed by atoms with Crippen LogP contribution in [0.2, 0.25) is 0 Å². The molecule has 0 atom stereocenters. The number of aromatic nitrogens is 3. The molecule has 3 rings (SSSR count). The Kier molecular flexibility index (Phi) is 3.94. The summed E-state index contributed by atoms with van der Waals surface area (Å²) in [4.78, 5) is 1.05. The summed E-state index contributed by atoms with van der Waals surface area (Å²) >= 11 is 6.85. The lowest BCUT2D eigenvalue weighted by molar-refractivity contribution is 0.416. The second-order valence-corrected chi connectivity index (χ2v) is 5.49. The third kappa shape index (κ3) is 2.79. The minimum atomic E-state index is 0.434. The average molecular weight is 316 g/mol. The lowest BCUT2D eigenvalue weighted by atomic mass is 10.2. The Labute approximate surface area is 130 Å². The van der Waals surface area contributed by atoms with Gasteiger partial charge in [-0.05, 0) is 35.8 Å². The van der Waals surface area contributed by atoms with E-state index in [1.165, 1.54) is 0 Å². The molecule has 21 heavy (non-hydrogen) atoms. The predicted octanol–water partition coefficient (Wildman–Crippen LogP) is 3.56. The van der Waals surface area contributed by atoms with Crippen LogP contribution in [0.1, 0.15) is 4.88 Å². The summed E-state index contributed by atoms with van der Waals surface area (Å²) in [5, 5.41) is 13.4. The zero-order valence-corrected chi connectivity index (χ0v) is 12.8. The molecule has 106 valence electrons. The first-order chi connectivity index (χ1) is 10.3. The molecule has 3 aromatic rings. The van der Waals surface area contributed by atoms with E-state index in [0.717, 1.165) is 16.2 Å². The fraction of sp³-hybridized carbons (Fsp3) is 0.0714. The van der Waals surface area contributed by atoms with Crippen LogP contribution in [-0.4, -0.2) is 28.2 Å². The number of methoxy groups -OCH3 is 1. The van der Waals surface area contributed by atoms with E-state index in [9.17, 15) is 0 Å². The van der Waals surface area contributed by atoms with Crippen LogP contribution in [0.25, 0.3) is 11.4 Å². The largest absolute Gasteiger partial charge is 0.496 e. The van der Waals surface area contributed by atoms with Crippen LogP contribution in [-0.2, 0) is 0 Å². The Morgan fingerprint density at radius 3 is 2.95 bits per heavy atom. The van der Waals surface area contributed by atoms with Crippen LogP contribution < -0.4 is 4.74 Å². The van der Waals surface area contributed by atoms with Gasteiger partial charge in [0.2, 0.25) is 4.77 Å². The number of para-hydroxylation sites is 1.